The molecule has 0 aromatic carbocycles. The van der Waals surface area contributed by atoms with E-state index in [4.69, 9.17) is 5.73 Å². The number of ether oxygens (including phenoxy) is 1. The average Bonchev–Trinajstić information content (AvgIpc) is 2.56. The average molecular weight is 237 g/mol. The van der Waals surface area contributed by atoms with E-state index < -0.39 is 29.2 Å². The van der Waals surface area contributed by atoms with Crippen molar-refractivity contribution >= 4 is 11.8 Å². The molecule has 16 heavy (non-hydrogen) atoms. The molecule has 3 N–H and O–H groups in total. The number of aromatic nitrogens is 2. The van der Waals surface area contributed by atoms with Gasteiger partial charge >= 0.3 is 12.1 Å². The SMILES string of the molecule is CCCOC(=O)c1c(N)n[nH]c1C(F)(F)F. The molecule has 0 saturated carbocycles. The smallest absolute Gasteiger partial charge is 0.433 e. The van der Waals surface area contributed by atoms with Crippen LogP contribution in [0.1, 0.15) is 29.4 Å². The molecule has 0 aliphatic heterocycles. The highest BCUT2D eigenvalue weighted by molar-refractivity contribution is 5.95. The van der Waals surface area contributed by atoms with Gasteiger partial charge in [0.1, 0.15) is 5.56 Å². The number of rotatable bonds is 3. The van der Waals surface area contributed by atoms with E-state index in [0.717, 1.165) is 0 Å². The van der Waals surface area contributed by atoms with Crippen LogP contribution in [0.4, 0.5) is 19.0 Å². The fraction of sp³-hybridized carbons (Fsp3) is 0.500. The molecule has 5 nitrogen and oxygen atoms in total. The molecule has 0 fully saturated rings. The monoisotopic (exact) mass is 237 g/mol. The molecule has 0 aliphatic carbocycles. The zero-order valence-electron chi connectivity index (χ0n) is 8.39. The number of carbonyl (C=O) groups excluding carboxylic acids is 1. The molecule has 0 spiro atoms. The Hall–Kier alpha value is -1.73. The van der Waals surface area contributed by atoms with Crippen molar-refractivity contribution in [3.05, 3.63) is 11.3 Å². The number of alkyl halides is 3. The Labute approximate surface area is 88.8 Å². The van der Waals surface area contributed by atoms with Crippen LogP contribution in [0.25, 0.3) is 0 Å². The van der Waals surface area contributed by atoms with E-state index in [9.17, 15) is 18.0 Å². The number of halogens is 3. The second-order valence-electron chi connectivity index (χ2n) is 2.99. The lowest BCUT2D eigenvalue weighted by atomic mass is 10.2. The second-order valence-corrected chi connectivity index (χ2v) is 2.99. The van der Waals surface area contributed by atoms with E-state index in [-0.39, 0.29) is 6.61 Å². The number of nitrogens with one attached hydrogen (secondary N) is 1. The summed E-state index contributed by atoms with van der Waals surface area (Å²) in [5.41, 5.74) is 3.12. The molecule has 0 atom stereocenters. The maximum absolute atomic E-state index is 12.4. The molecule has 1 rings (SSSR count). The summed E-state index contributed by atoms with van der Waals surface area (Å²) >= 11 is 0. The van der Waals surface area contributed by atoms with Gasteiger partial charge in [0.25, 0.3) is 0 Å². The first-order chi connectivity index (χ1) is 7.38. The molecule has 8 heteroatoms. The van der Waals surface area contributed by atoms with Gasteiger partial charge in [0.2, 0.25) is 0 Å². The minimum atomic E-state index is -4.72. The summed E-state index contributed by atoms with van der Waals surface area (Å²) in [7, 11) is 0. The van der Waals surface area contributed by atoms with Gasteiger partial charge < -0.3 is 10.5 Å². The number of nitrogens with two attached hydrogens (primary N) is 1. The fourth-order valence-corrected chi connectivity index (χ4v) is 1.03. The number of nitrogen functional groups attached to an aromatic ring is 1. The minimum Gasteiger partial charge on any atom is -0.462 e. The Morgan fingerprint density at radius 3 is 2.69 bits per heavy atom. The molecule has 0 radical (unpaired) electrons. The Kier molecular flexibility index (Phi) is 3.41. The zero-order chi connectivity index (χ0) is 12.3. The van der Waals surface area contributed by atoms with Crippen LogP contribution in [0, 0.1) is 0 Å². The summed E-state index contributed by atoms with van der Waals surface area (Å²) in [5.74, 6) is -1.64. The zero-order valence-corrected chi connectivity index (χ0v) is 8.39. The van der Waals surface area contributed by atoms with Gasteiger partial charge in [0.05, 0.1) is 6.61 Å². The Morgan fingerprint density at radius 2 is 2.19 bits per heavy atom. The first-order valence-corrected chi connectivity index (χ1v) is 4.46. The van der Waals surface area contributed by atoms with Crippen molar-refractivity contribution in [2.75, 3.05) is 12.3 Å². The van der Waals surface area contributed by atoms with Gasteiger partial charge in [-0.25, -0.2) is 4.79 Å². The molecular weight excluding hydrogens is 227 g/mol. The predicted octanol–water partition coefficient (Wildman–Crippen LogP) is 1.58. The van der Waals surface area contributed by atoms with Crippen LogP contribution in [-0.2, 0) is 10.9 Å². The Bertz CT molecular complexity index is 386. The Morgan fingerprint density at radius 1 is 1.56 bits per heavy atom. The molecule has 1 aromatic heterocycles. The summed E-state index contributed by atoms with van der Waals surface area (Å²) in [6.45, 7) is 1.75. The van der Waals surface area contributed by atoms with Crippen molar-refractivity contribution < 1.29 is 22.7 Å². The van der Waals surface area contributed by atoms with Crippen LogP contribution in [0.15, 0.2) is 0 Å². The molecule has 0 saturated heterocycles. The van der Waals surface area contributed by atoms with Crippen LogP contribution in [0.2, 0.25) is 0 Å². The first-order valence-electron chi connectivity index (χ1n) is 4.46. The minimum absolute atomic E-state index is 0.0285. The number of esters is 1. The van der Waals surface area contributed by atoms with Crippen LogP contribution in [0.5, 0.6) is 0 Å². The molecule has 1 aromatic rings. The van der Waals surface area contributed by atoms with Gasteiger partial charge in [-0.05, 0) is 6.42 Å². The third-order valence-corrected chi connectivity index (χ3v) is 1.72. The van der Waals surface area contributed by atoms with Crippen LogP contribution in [0.3, 0.4) is 0 Å². The van der Waals surface area contributed by atoms with E-state index >= 15 is 0 Å². The highest BCUT2D eigenvalue weighted by Gasteiger charge is 2.39. The van der Waals surface area contributed by atoms with E-state index in [1.54, 1.807) is 12.0 Å². The van der Waals surface area contributed by atoms with Gasteiger partial charge in [0.15, 0.2) is 11.5 Å². The third kappa shape index (κ3) is 2.44. The lowest BCUT2D eigenvalue weighted by Gasteiger charge is -2.07. The fourth-order valence-electron chi connectivity index (χ4n) is 1.03. The van der Waals surface area contributed by atoms with E-state index in [2.05, 4.69) is 9.84 Å². The lowest BCUT2D eigenvalue weighted by Crippen LogP contribution is -2.15. The highest BCUT2D eigenvalue weighted by Crippen LogP contribution is 2.32. The summed E-state index contributed by atoms with van der Waals surface area (Å²) in [6.07, 6.45) is -4.21. The lowest BCUT2D eigenvalue weighted by molar-refractivity contribution is -0.141. The number of hydrogen-bond donors (Lipinski definition) is 2. The maximum Gasteiger partial charge on any atom is 0.433 e. The standard InChI is InChI=1S/C8H10F3N3O2/c1-2-3-16-7(15)4-5(8(9,10)11)13-14-6(4)12/h2-3H2,1H3,(H3,12,13,14). The van der Waals surface area contributed by atoms with Gasteiger partial charge in [-0.3, -0.25) is 5.10 Å². The summed E-state index contributed by atoms with van der Waals surface area (Å²) in [5, 5.41) is 4.81. The van der Waals surface area contributed by atoms with Crippen LogP contribution >= 0.6 is 0 Å². The van der Waals surface area contributed by atoms with Crippen LogP contribution in [-0.4, -0.2) is 22.8 Å². The van der Waals surface area contributed by atoms with Crippen molar-refractivity contribution in [1.82, 2.24) is 10.2 Å². The highest BCUT2D eigenvalue weighted by atomic mass is 19.4. The number of anilines is 1. The van der Waals surface area contributed by atoms with E-state index in [1.807, 2.05) is 0 Å². The maximum atomic E-state index is 12.4. The number of nitrogens with zero attached hydrogens (tertiary/aromatic N) is 1. The molecule has 1 heterocycles. The van der Waals surface area contributed by atoms with Gasteiger partial charge in [0, 0.05) is 0 Å². The summed E-state index contributed by atoms with van der Waals surface area (Å²) in [4.78, 5) is 11.3. The van der Waals surface area contributed by atoms with Gasteiger partial charge in [-0.1, -0.05) is 6.92 Å². The van der Waals surface area contributed by atoms with Gasteiger partial charge in [-0.15, -0.1) is 0 Å². The van der Waals surface area contributed by atoms with Crippen molar-refractivity contribution in [2.45, 2.75) is 19.5 Å². The second kappa shape index (κ2) is 4.42. The largest absolute Gasteiger partial charge is 0.462 e. The van der Waals surface area contributed by atoms with E-state index in [0.29, 0.717) is 6.42 Å². The predicted molar refractivity (Wildman–Crippen MR) is 48.6 cm³/mol. The number of hydrogen-bond acceptors (Lipinski definition) is 4. The normalized spacial score (nSPS) is 11.5. The number of H-pyrrole nitrogens is 1. The molecule has 0 bridgehead atoms. The first kappa shape index (κ1) is 12.3. The third-order valence-electron chi connectivity index (χ3n) is 1.72. The van der Waals surface area contributed by atoms with Crippen molar-refractivity contribution in [3.63, 3.8) is 0 Å². The molecule has 0 aliphatic rings. The number of carbonyl (C=O) groups is 1. The molecular formula is C8H10F3N3O2. The van der Waals surface area contributed by atoms with Crippen molar-refractivity contribution in [2.24, 2.45) is 0 Å². The molecule has 90 valence electrons. The van der Waals surface area contributed by atoms with Crippen LogP contribution < -0.4 is 5.73 Å². The molecule has 0 unspecified atom stereocenters. The van der Waals surface area contributed by atoms with E-state index in [1.165, 1.54) is 0 Å². The summed E-state index contributed by atoms with van der Waals surface area (Å²) in [6, 6.07) is 0. The number of aromatic amines is 1. The van der Waals surface area contributed by atoms with Crippen molar-refractivity contribution in [3.8, 4) is 0 Å². The summed E-state index contributed by atoms with van der Waals surface area (Å²) < 4.78 is 41.8. The molecule has 0 amide bonds. The van der Waals surface area contributed by atoms with Gasteiger partial charge in [-0.2, -0.15) is 18.3 Å². The quantitative estimate of drug-likeness (QED) is 0.782. The van der Waals surface area contributed by atoms with Crippen molar-refractivity contribution in [1.29, 1.82) is 0 Å². The topological polar surface area (TPSA) is 81.0 Å². The Balaban J connectivity index is 3.02.